The summed E-state index contributed by atoms with van der Waals surface area (Å²) < 4.78 is 5.76. The van der Waals surface area contributed by atoms with Gasteiger partial charge in [0.05, 0.1) is 6.61 Å². The number of aliphatic hydroxyl groups excluding tert-OH is 2. The van der Waals surface area contributed by atoms with Crippen molar-refractivity contribution in [2.24, 2.45) is 0 Å². The van der Waals surface area contributed by atoms with Gasteiger partial charge in [-0.3, -0.25) is 9.78 Å². The first kappa shape index (κ1) is 14.7. The van der Waals surface area contributed by atoms with Crippen molar-refractivity contribution >= 4 is 11.6 Å². The Balaban J connectivity index is 2.55. The minimum absolute atomic E-state index is 0.599. The highest BCUT2D eigenvalue weighted by Crippen LogP contribution is 2.36. The normalized spacial score (nSPS) is 32.7. The fourth-order valence-corrected chi connectivity index (χ4v) is 2.05. The summed E-state index contributed by atoms with van der Waals surface area (Å²) in [6, 6.07) is 0. The van der Waals surface area contributed by atoms with E-state index < -0.39 is 41.9 Å². The van der Waals surface area contributed by atoms with E-state index in [9.17, 15) is 19.8 Å². The van der Waals surface area contributed by atoms with Crippen LogP contribution >= 0.6 is 11.6 Å². The first-order valence-corrected chi connectivity index (χ1v) is 5.79. The van der Waals surface area contributed by atoms with Gasteiger partial charge in [-0.2, -0.15) is 9.78 Å². The van der Waals surface area contributed by atoms with E-state index in [1.54, 1.807) is 0 Å². The minimum atomic E-state index is -2.26. The van der Waals surface area contributed by atoms with E-state index >= 15 is 0 Å². The van der Waals surface area contributed by atoms with Crippen molar-refractivity contribution in [3.63, 3.8) is 0 Å². The first-order chi connectivity index (χ1) is 9.43. The fraction of sp³-hybridized carbons (Fsp3) is 0.500. The molecule has 1 aromatic heterocycles. The van der Waals surface area contributed by atoms with Gasteiger partial charge < -0.3 is 20.1 Å². The van der Waals surface area contributed by atoms with E-state index in [2.05, 4.69) is 11.0 Å². The van der Waals surface area contributed by atoms with Gasteiger partial charge in [-0.1, -0.05) is 0 Å². The molecule has 1 unspecified atom stereocenters. The second-order valence-corrected chi connectivity index (χ2v) is 4.27. The number of hydrogen-bond acceptors (Lipinski definition) is 7. The molecule has 0 aromatic carbocycles. The molecule has 0 saturated carbocycles. The highest BCUT2D eigenvalue weighted by molar-refractivity contribution is 6.30. The maximum Gasteiger partial charge on any atom is 0.347 e. The van der Waals surface area contributed by atoms with Gasteiger partial charge in [-0.25, -0.2) is 4.79 Å². The lowest BCUT2D eigenvalue weighted by molar-refractivity contribution is -0.0837. The van der Waals surface area contributed by atoms with Gasteiger partial charge in [0.1, 0.15) is 18.4 Å². The zero-order valence-electron chi connectivity index (χ0n) is 9.86. The van der Waals surface area contributed by atoms with Crippen molar-refractivity contribution in [1.82, 2.24) is 14.8 Å². The third-order valence-electron chi connectivity index (χ3n) is 2.87. The lowest BCUT2D eigenvalue weighted by Gasteiger charge is -2.25. The van der Waals surface area contributed by atoms with Crippen LogP contribution in [0.5, 0.6) is 0 Å². The molecule has 9 nitrogen and oxygen atoms in total. The molecular weight excluding hydrogens is 294 g/mol. The monoisotopic (exact) mass is 303 g/mol. The number of nitrogens with zero attached hydrogens (tertiary/aromatic N) is 2. The van der Waals surface area contributed by atoms with Gasteiger partial charge in [0.15, 0.2) is 6.23 Å². The number of aromatic amines is 1. The summed E-state index contributed by atoms with van der Waals surface area (Å²) in [6.45, 7) is -0.623. The van der Waals surface area contributed by atoms with Crippen LogP contribution in [0.1, 0.15) is 6.23 Å². The van der Waals surface area contributed by atoms with Crippen LogP contribution in [0.15, 0.2) is 15.8 Å². The van der Waals surface area contributed by atoms with Crippen LogP contribution in [-0.4, -0.2) is 54.5 Å². The van der Waals surface area contributed by atoms with Gasteiger partial charge in [-0.05, 0) is 17.5 Å². The van der Waals surface area contributed by atoms with E-state index in [-0.39, 0.29) is 0 Å². The molecule has 20 heavy (non-hydrogen) atoms. The van der Waals surface area contributed by atoms with Crippen molar-refractivity contribution in [3.8, 4) is 11.3 Å². The maximum atomic E-state index is 11.6. The highest BCUT2D eigenvalue weighted by Gasteiger charge is 2.56. The van der Waals surface area contributed by atoms with Gasteiger partial charge >= 0.3 is 5.69 Å². The molecule has 4 atom stereocenters. The summed E-state index contributed by atoms with van der Waals surface area (Å²) in [6.07, 6.45) is -3.56. The van der Waals surface area contributed by atoms with Crippen LogP contribution in [-0.2, 0) is 4.74 Å². The Kier molecular flexibility index (Phi) is 3.94. The third kappa shape index (κ3) is 2.24. The standard InChI is InChI=1S/C10H10ClN3O6/c11-2-1-10(19)7(17)5(4-15)20-8(10)14-9(18)13-6(16)3-12-14/h3,5,7-8,15,17,19H,4H2,(H,13,16,18)/t5-,7?,8-,10-/m1/s1. The zero-order chi connectivity index (χ0) is 14.9. The van der Waals surface area contributed by atoms with Crippen molar-refractivity contribution < 1.29 is 20.1 Å². The number of halogens is 1. The highest BCUT2D eigenvalue weighted by atomic mass is 35.5. The Morgan fingerprint density at radius 2 is 2.30 bits per heavy atom. The number of rotatable bonds is 2. The second kappa shape index (κ2) is 5.35. The Morgan fingerprint density at radius 3 is 2.85 bits per heavy atom. The number of nitrogens with one attached hydrogen (secondary N) is 1. The molecule has 0 aliphatic carbocycles. The van der Waals surface area contributed by atoms with E-state index in [1.807, 2.05) is 10.4 Å². The molecule has 2 rings (SSSR count). The summed E-state index contributed by atoms with van der Waals surface area (Å²) in [4.78, 5) is 24.5. The van der Waals surface area contributed by atoms with Gasteiger partial charge in [0.25, 0.3) is 5.56 Å². The molecule has 0 spiro atoms. The molecule has 0 bridgehead atoms. The fourth-order valence-electron chi connectivity index (χ4n) is 1.90. The summed E-state index contributed by atoms with van der Waals surface area (Å²) in [5.41, 5.74) is -3.97. The molecule has 10 heteroatoms. The van der Waals surface area contributed by atoms with E-state index in [0.717, 1.165) is 6.20 Å². The smallest absolute Gasteiger partial charge is 0.347 e. The predicted molar refractivity (Wildman–Crippen MR) is 64.7 cm³/mol. The Bertz CT molecular complexity index is 676. The molecule has 4 N–H and O–H groups in total. The first-order valence-electron chi connectivity index (χ1n) is 5.41. The Hall–Kier alpha value is -1.70. The lowest BCUT2D eigenvalue weighted by atomic mass is 9.95. The molecule has 0 amide bonds. The average molecular weight is 304 g/mol. The number of aromatic nitrogens is 3. The third-order valence-corrected chi connectivity index (χ3v) is 2.96. The van der Waals surface area contributed by atoms with Gasteiger partial charge in [0, 0.05) is 5.38 Å². The summed E-state index contributed by atoms with van der Waals surface area (Å²) in [5, 5.41) is 34.7. The summed E-state index contributed by atoms with van der Waals surface area (Å²) in [7, 11) is 0. The Morgan fingerprint density at radius 1 is 1.60 bits per heavy atom. The molecule has 0 radical (unpaired) electrons. The molecule has 1 aromatic rings. The van der Waals surface area contributed by atoms with Crippen molar-refractivity contribution in [3.05, 3.63) is 27.0 Å². The van der Waals surface area contributed by atoms with Crippen LogP contribution in [0.25, 0.3) is 0 Å². The van der Waals surface area contributed by atoms with Crippen molar-refractivity contribution in [1.29, 1.82) is 0 Å². The van der Waals surface area contributed by atoms with Gasteiger partial charge in [-0.15, -0.1) is 0 Å². The molecule has 1 aliphatic heterocycles. The maximum absolute atomic E-state index is 11.6. The Labute approximate surface area is 116 Å². The second-order valence-electron chi connectivity index (χ2n) is 4.08. The number of ether oxygens (including phenoxy) is 1. The lowest BCUT2D eigenvalue weighted by Crippen LogP contribution is -2.49. The summed E-state index contributed by atoms with van der Waals surface area (Å²) >= 11 is 5.23. The SMILES string of the molecule is O=c1cnn([C@@H]2O[C@H](CO)C(O)[C@]2(O)C#CCl)c(=O)[nH]1. The van der Waals surface area contributed by atoms with Crippen LogP contribution in [0, 0.1) is 11.3 Å². The van der Waals surface area contributed by atoms with Crippen molar-refractivity contribution in [2.45, 2.75) is 24.0 Å². The number of hydrogen-bond donors (Lipinski definition) is 4. The molecule has 1 saturated heterocycles. The van der Waals surface area contributed by atoms with E-state index in [4.69, 9.17) is 21.4 Å². The van der Waals surface area contributed by atoms with E-state index in [0.29, 0.717) is 4.68 Å². The van der Waals surface area contributed by atoms with Gasteiger partial charge in [0.2, 0.25) is 5.60 Å². The van der Waals surface area contributed by atoms with Crippen LogP contribution < -0.4 is 11.2 Å². The number of H-pyrrole nitrogens is 1. The molecule has 108 valence electrons. The topological polar surface area (TPSA) is 138 Å². The minimum Gasteiger partial charge on any atom is -0.394 e. The van der Waals surface area contributed by atoms with E-state index in [1.165, 1.54) is 0 Å². The molecule has 1 fully saturated rings. The largest absolute Gasteiger partial charge is 0.394 e. The van der Waals surface area contributed by atoms with Crippen LogP contribution in [0.4, 0.5) is 0 Å². The summed E-state index contributed by atoms with van der Waals surface area (Å²) in [5.74, 6) is 2.12. The van der Waals surface area contributed by atoms with Crippen LogP contribution in [0.2, 0.25) is 0 Å². The van der Waals surface area contributed by atoms with Crippen molar-refractivity contribution in [2.75, 3.05) is 6.61 Å². The molecular formula is C10H10ClN3O6. The predicted octanol–water partition coefficient (Wildman–Crippen LogP) is -2.89. The zero-order valence-corrected chi connectivity index (χ0v) is 10.6. The van der Waals surface area contributed by atoms with Crippen LogP contribution in [0.3, 0.4) is 0 Å². The number of aliphatic hydroxyl groups is 3. The quantitative estimate of drug-likeness (QED) is 0.430. The average Bonchev–Trinajstić information content (AvgIpc) is 2.63. The molecule has 2 heterocycles. The molecule has 1 aliphatic rings.